The van der Waals surface area contributed by atoms with Crippen molar-refractivity contribution in [1.82, 2.24) is 5.01 Å². The van der Waals surface area contributed by atoms with Gasteiger partial charge in [0.25, 0.3) is 0 Å². The van der Waals surface area contributed by atoms with Gasteiger partial charge < -0.3 is 9.57 Å². The van der Waals surface area contributed by atoms with Crippen LogP contribution in [0.3, 0.4) is 0 Å². The van der Waals surface area contributed by atoms with Crippen LogP contribution in [0.15, 0.2) is 52.8 Å². The predicted molar refractivity (Wildman–Crippen MR) is 102 cm³/mol. The highest BCUT2D eigenvalue weighted by Gasteiger charge is 2.17. The molecule has 0 radical (unpaired) electrons. The molecular weight excluding hydrogens is 346 g/mol. The molecule has 0 saturated heterocycles. The number of benzene rings is 1. The van der Waals surface area contributed by atoms with Crippen molar-refractivity contribution in [2.24, 2.45) is 11.0 Å². The first kappa shape index (κ1) is 20.4. The van der Waals surface area contributed by atoms with Crippen LogP contribution in [-0.4, -0.2) is 30.4 Å². The maximum absolute atomic E-state index is 11.7. The van der Waals surface area contributed by atoms with Gasteiger partial charge in [-0.25, -0.2) is 9.80 Å². The summed E-state index contributed by atoms with van der Waals surface area (Å²) in [5.41, 5.74) is 2.81. The number of nitrogens with two attached hydrogens (primary N) is 1. The van der Waals surface area contributed by atoms with E-state index >= 15 is 0 Å². The average molecular weight is 371 g/mol. The molecule has 144 valence electrons. The Labute approximate surface area is 159 Å². The fraction of sp³-hybridized carbons (Fsp3) is 0.350. The predicted octanol–water partition coefficient (Wildman–Crippen LogP) is 2.99. The summed E-state index contributed by atoms with van der Waals surface area (Å²) >= 11 is 0. The molecule has 1 aliphatic carbocycles. The molecule has 0 aliphatic heterocycles. The number of hydrogen-bond donors (Lipinski definition) is 1. The van der Waals surface area contributed by atoms with Crippen molar-refractivity contribution in [2.45, 2.75) is 39.0 Å². The van der Waals surface area contributed by atoms with Crippen molar-refractivity contribution in [3.8, 4) is 0 Å². The second-order valence-electron chi connectivity index (χ2n) is 6.43. The summed E-state index contributed by atoms with van der Waals surface area (Å²) in [6.07, 6.45) is 5.90. The van der Waals surface area contributed by atoms with Gasteiger partial charge in [0, 0.05) is 11.3 Å². The summed E-state index contributed by atoms with van der Waals surface area (Å²) in [7, 11) is 1.50. The van der Waals surface area contributed by atoms with Gasteiger partial charge in [-0.15, -0.1) is 5.10 Å². The maximum atomic E-state index is 11.7. The zero-order valence-electron chi connectivity index (χ0n) is 15.8. The van der Waals surface area contributed by atoms with E-state index in [1.807, 2.05) is 24.3 Å². The van der Waals surface area contributed by atoms with Gasteiger partial charge in [0.1, 0.15) is 0 Å². The van der Waals surface area contributed by atoms with Crippen molar-refractivity contribution in [1.29, 1.82) is 0 Å². The number of ether oxygens (including phenoxy) is 1. The van der Waals surface area contributed by atoms with E-state index in [1.54, 1.807) is 12.2 Å². The minimum absolute atomic E-state index is 0.298. The summed E-state index contributed by atoms with van der Waals surface area (Å²) in [4.78, 5) is 27.7. The monoisotopic (exact) mass is 371 g/mol. The first-order chi connectivity index (χ1) is 13.0. The van der Waals surface area contributed by atoms with Crippen molar-refractivity contribution < 1.29 is 19.2 Å². The van der Waals surface area contributed by atoms with Gasteiger partial charge in [-0.3, -0.25) is 4.79 Å². The lowest BCUT2D eigenvalue weighted by molar-refractivity contribution is -0.139. The molecule has 0 saturated carbocycles. The van der Waals surface area contributed by atoms with Gasteiger partial charge in [0.2, 0.25) is 12.3 Å². The molecule has 1 aliphatic rings. The van der Waals surface area contributed by atoms with Gasteiger partial charge >= 0.3 is 5.97 Å². The zero-order chi connectivity index (χ0) is 19.8. The number of amides is 1. The van der Waals surface area contributed by atoms with Gasteiger partial charge in [-0.2, -0.15) is 5.90 Å². The normalized spacial score (nSPS) is 14.8. The van der Waals surface area contributed by atoms with E-state index in [2.05, 4.69) is 23.8 Å². The molecule has 0 aromatic heterocycles. The molecule has 0 spiro atoms. The highest BCUT2D eigenvalue weighted by Crippen LogP contribution is 2.21. The van der Waals surface area contributed by atoms with Crippen molar-refractivity contribution in [3.05, 3.63) is 58.8 Å². The number of hydrazone groups is 1. The van der Waals surface area contributed by atoms with E-state index in [0.29, 0.717) is 42.3 Å². The van der Waals surface area contributed by atoms with Crippen molar-refractivity contribution in [3.63, 3.8) is 0 Å². The van der Waals surface area contributed by atoms with E-state index in [4.69, 9.17) is 10.6 Å². The van der Waals surface area contributed by atoms with E-state index in [0.717, 1.165) is 12.0 Å². The highest BCUT2D eigenvalue weighted by atomic mass is 16.7. The number of nitrogens with zero attached hydrogens (tertiary/aromatic N) is 2. The maximum Gasteiger partial charge on any atom is 0.356 e. The minimum atomic E-state index is -0.652. The summed E-state index contributed by atoms with van der Waals surface area (Å²) in [5, 5.41) is 5.50. The van der Waals surface area contributed by atoms with Crippen LogP contribution in [0.25, 0.3) is 0 Å². The summed E-state index contributed by atoms with van der Waals surface area (Å²) in [6, 6.07) is 7.81. The molecule has 0 fully saturated rings. The topological polar surface area (TPSA) is 94.2 Å². The molecule has 1 aromatic rings. The second-order valence-corrected chi connectivity index (χ2v) is 6.43. The molecule has 0 heterocycles. The molecule has 0 unspecified atom stereocenters. The third-order valence-corrected chi connectivity index (χ3v) is 4.28. The summed E-state index contributed by atoms with van der Waals surface area (Å²) < 4.78 is 5.38. The Bertz CT molecular complexity index is 764. The third-order valence-electron chi connectivity index (χ3n) is 4.28. The summed E-state index contributed by atoms with van der Waals surface area (Å²) in [5.74, 6) is 5.03. The number of rotatable bonds is 6. The van der Waals surface area contributed by atoms with Gasteiger partial charge in [0.05, 0.1) is 12.7 Å². The lowest BCUT2D eigenvalue weighted by Crippen LogP contribution is -2.20. The molecule has 27 heavy (non-hydrogen) atoms. The Morgan fingerprint density at radius 1 is 1.30 bits per heavy atom. The van der Waals surface area contributed by atoms with Crippen LogP contribution in [0, 0.1) is 0 Å². The smallest absolute Gasteiger partial charge is 0.356 e. The molecule has 1 aromatic carbocycles. The Morgan fingerprint density at radius 2 is 2.00 bits per heavy atom. The molecule has 1 amide bonds. The average Bonchev–Trinajstić information content (AvgIpc) is 2.94. The number of carbonyl (C=O) groups is 2. The SMILES string of the molecule is CO/C(=N\N(C=O)C1=CC(C(=O)ON)=CCCC1)c1ccc(C(C)C)cc1. The van der Waals surface area contributed by atoms with E-state index in [9.17, 15) is 9.59 Å². The van der Waals surface area contributed by atoms with Crippen LogP contribution in [0.1, 0.15) is 50.2 Å². The first-order valence-corrected chi connectivity index (χ1v) is 8.79. The molecule has 0 atom stereocenters. The van der Waals surface area contributed by atoms with Crippen LogP contribution < -0.4 is 5.90 Å². The molecule has 2 rings (SSSR count). The number of methoxy groups -OCH3 is 1. The number of hydrogen-bond acceptors (Lipinski definition) is 6. The Balaban J connectivity index is 2.33. The van der Waals surface area contributed by atoms with Crippen LogP contribution in [-0.2, 0) is 19.2 Å². The molecule has 7 nitrogen and oxygen atoms in total. The van der Waals surface area contributed by atoms with Gasteiger partial charge in [-0.05, 0) is 49.0 Å². The van der Waals surface area contributed by atoms with Gasteiger partial charge in [0.15, 0.2) is 0 Å². The quantitative estimate of drug-likeness (QED) is 0.359. The van der Waals surface area contributed by atoms with Gasteiger partial charge in [-0.1, -0.05) is 32.1 Å². The molecular formula is C20H25N3O4. The van der Waals surface area contributed by atoms with E-state index < -0.39 is 5.97 Å². The standard InChI is InChI=1S/C20H25N3O4/c1-14(2)15-8-10-16(11-9-15)19(26-3)22-23(13-24)18-7-5-4-6-17(12-18)20(25)27-21/h6,8-14H,4-5,7,21H2,1-3H3/b22-19-. The van der Waals surface area contributed by atoms with Crippen molar-refractivity contribution >= 4 is 18.3 Å². The number of carbonyl (C=O) groups excluding carboxylic acids is 2. The van der Waals surface area contributed by atoms with E-state index in [-0.39, 0.29) is 0 Å². The zero-order valence-corrected chi connectivity index (χ0v) is 15.8. The van der Waals surface area contributed by atoms with Crippen LogP contribution in [0.5, 0.6) is 0 Å². The fourth-order valence-electron chi connectivity index (χ4n) is 2.72. The Morgan fingerprint density at radius 3 is 2.56 bits per heavy atom. The van der Waals surface area contributed by atoms with Crippen LogP contribution in [0.2, 0.25) is 0 Å². The highest BCUT2D eigenvalue weighted by molar-refractivity contribution is 5.94. The van der Waals surface area contributed by atoms with Crippen LogP contribution in [0.4, 0.5) is 0 Å². The lowest BCUT2D eigenvalue weighted by Gasteiger charge is -2.17. The third kappa shape index (κ3) is 5.27. The minimum Gasteiger partial charge on any atom is -0.480 e. The molecule has 0 bridgehead atoms. The molecule has 2 N–H and O–H groups in total. The first-order valence-electron chi connectivity index (χ1n) is 8.79. The second kappa shape index (κ2) is 9.68. The molecule has 7 heteroatoms. The number of allylic oxidation sites excluding steroid dienone is 2. The Kier molecular flexibility index (Phi) is 7.31. The summed E-state index contributed by atoms with van der Waals surface area (Å²) in [6.45, 7) is 4.23. The largest absolute Gasteiger partial charge is 0.480 e. The Hall–Kier alpha value is -2.93. The van der Waals surface area contributed by atoms with E-state index in [1.165, 1.54) is 17.7 Å². The van der Waals surface area contributed by atoms with Crippen molar-refractivity contribution in [2.75, 3.05) is 7.11 Å². The van der Waals surface area contributed by atoms with Crippen LogP contribution >= 0.6 is 0 Å². The fourth-order valence-corrected chi connectivity index (χ4v) is 2.72. The lowest BCUT2D eigenvalue weighted by atomic mass is 10.0.